The molecule has 0 bridgehead atoms. The molecule has 0 aliphatic rings. The van der Waals surface area contributed by atoms with Crippen molar-refractivity contribution in [3.63, 3.8) is 0 Å². The zero-order chi connectivity index (χ0) is 13.0. The highest BCUT2D eigenvalue weighted by atomic mass is 32.1. The van der Waals surface area contributed by atoms with Gasteiger partial charge in [0.1, 0.15) is 0 Å². The van der Waals surface area contributed by atoms with Gasteiger partial charge in [-0.15, -0.1) is 11.3 Å². The Hall–Kier alpha value is -1.19. The standard InChI is InChI=1S/C15H20N2S/c1-11(2)12-5-7-13(8-6-12)14-10-18-15(17-14)4-3-9-16/h5-8,10-11H,3-4,9,16H2,1-2H3. The number of benzene rings is 1. The van der Waals surface area contributed by atoms with Gasteiger partial charge in [0.25, 0.3) is 0 Å². The molecule has 96 valence electrons. The van der Waals surface area contributed by atoms with Crippen LogP contribution in [0.4, 0.5) is 0 Å². The molecule has 0 spiro atoms. The molecule has 0 radical (unpaired) electrons. The van der Waals surface area contributed by atoms with E-state index in [4.69, 9.17) is 5.73 Å². The number of hydrogen-bond donors (Lipinski definition) is 1. The van der Waals surface area contributed by atoms with Gasteiger partial charge in [0.2, 0.25) is 0 Å². The third kappa shape index (κ3) is 3.18. The summed E-state index contributed by atoms with van der Waals surface area (Å²) in [6.45, 7) is 5.16. The fourth-order valence-corrected chi connectivity index (χ4v) is 2.70. The average Bonchev–Trinajstić information content (AvgIpc) is 2.85. The maximum Gasteiger partial charge on any atom is 0.0933 e. The lowest BCUT2D eigenvalue weighted by Gasteiger charge is -2.05. The molecule has 1 aromatic carbocycles. The lowest BCUT2D eigenvalue weighted by atomic mass is 10.0. The van der Waals surface area contributed by atoms with Gasteiger partial charge in [0, 0.05) is 17.4 Å². The Morgan fingerprint density at radius 1 is 1.22 bits per heavy atom. The van der Waals surface area contributed by atoms with Crippen molar-refractivity contribution in [2.45, 2.75) is 32.6 Å². The minimum atomic E-state index is 0.578. The van der Waals surface area contributed by atoms with Crippen LogP contribution in [-0.2, 0) is 6.42 Å². The van der Waals surface area contributed by atoms with E-state index in [1.54, 1.807) is 11.3 Å². The molecule has 1 heterocycles. The number of nitrogens with zero attached hydrogens (tertiary/aromatic N) is 1. The molecular formula is C15H20N2S. The first kappa shape index (κ1) is 13.2. The lowest BCUT2D eigenvalue weighted by molar-refractivity contribution is 0.826. The van der Waals surface area contributed by atoms with Crippen LogP contribution in [0.25, 0.3) is 11.3 Å². The Bertz CT molecular complexity index is 485. The van der Waals surface area contributed by atoms with Crippen LogP contribution in [-0.4, -0.2) is 11.5 Å². The van der Waals surface area contributed by atoms with Crippen LogP contribution < -0.4 is 5.73 Å². The summed E-state index contributed by atoms with van der Waals surface area (Å²) in [5, 5.41) is 3.32. The van der Waals surface area contributed by atoms with E-state index in [-0.39, 0.29) is 0 Å². The molecule has 2 N–H and O–H groups in total. The highest BCUT2D eigenvalue weighted by Gasteiger charge is 2.05. The summed E-state index contributed by atoms with van der Waals surface area (Å²) in [7, 11) is 0. The van der Waals surface area contributed by atoms with Crippen LogP contribution in [0.5, 0.6) is 0 Å². The normalized spacial score (nSPS) is 11.1. The Kier molecular flexibility index (Phi) is 4.50. The van der Waals surface area contributed by atoms with Crippen LogP contribution >= 0.6 is 11.3 Å². The molecule has 0 amide bonds. The molecule has 0 aliphatic carbocycles. The molecule has 1 aromatic heterocycles. The smallest absolute Gasteiger partial charge is 0.0933 e. The van der Waals surface area contributed by atoms with Crippen molar-refractivity contribution in [2.75, 3.05) is 6.54 Å². The van der Waals surface area contributed by atoms with Gasteiger partial charge >= 0.3 is 0 Å². The summed E-state index contributed by atoms with van der Waals surface area (Å²) in [4.78, 5) is 4.66. The first-order valence-corrected chi connectivity index (χ1v) is 7.33. The van der Waals surface area contributed by atoms with Crippen LogP contribution in [0.2, 0.25) is 0 Å². The van der Waals surface area contributed by atoms with Crippen molar-refractivity contribution in [1.29, 1.82) is 0 Å². The largest absolute Gasteiger partial charge is 0.330 e. The van der Waals surface area contributed by atoms with Gasteiger partial charge in [-0.25, -0.2) is 4.98 Å². The average molecular weight is 260 g/mol. The number of thiazole rings is 1. The van der Waals surface area contributed by atoms with Gasteiger partial charge in [0.05, 0.1) is 10.7 Å². The van der Waals surface area contributed by atoms with Gasteiger partial charge in [0.15, 0.2) is 0 Å². The highest BCUT2D eigenvalue weighted by molar-refractivity contribution is 7.09. The molecule has 0 atom stereocenters. The maximum absolute atomic E-state index is 5.52. The molecular weight excluding hydrogens is 240 g/mol. The second-order valence-corrected chi connectivity index (χ2v) is 5.74. The SMILES string of the molecule is CC(C)c1ccc(-c2csc(CCCN)n2)cc1. The molecule has 0 fully saturated rings. The molecule has 18 heavy (non-hydrogen) atoms. The monoisotopic (exact) mass is 260 g/mol. The summed E-state index contributed by atoms with van der Waals surface area (Å²) < 4.78 is 0. The quantitative estimate of drug-likeness (QED) is 0.887. The minimum Gasteiger partial charge on any atom is -0.330 e. The van der Waals surface area contributed by atoms with Crippen LogP contribution in [0, 0.1) is 0 Å². The molecule has 0 saturated carbocycles. The summed E-state index contributed by atoms with van der Waals surface area (Å²) in [6.07, 6.45) is 2.00. The second kappa shape index (κ2) is 6.12. The third-order valence-corrected chi connectivity index (χ3v) is 3.93. The van der Waals surface area contributed by atoms with Gasteiger partial charge in [-0.05, 0) is 24.4 Å². The number of hydrogen-bond acceptors (Lipinski definition) is 3. The van der Waals surface area contributed by atoms with E-state index in [2.05, 4.69) is 48.5 Å². The fraction of sp³-hybridized carbons (Fsp3) is 0.400. The van der Waals surface area contributed by atoms with E-state index in [0.29, 0.717) is 5.92 Å². The third-order valence-electron chi connectivity index (χ3n) is 3.02. The summed E-state index contributed by atoms with van der Waals surface area (Å²) >= 11 is 1.73. The molecule has 2 nitrogen and oxygen atoms in total. The Morgan fingerprint density at radius 3 is 2.56 bits per heavy atom. The van der Waals surface area contributed by atoms with Crippen LogP contribution in [0.15, 0.2) is 29.6 Å². The first-order valence-electron chi connectivity index (χ1n) is 6.45. The van der Waals surface area contributed by atoms with Crippen molar-refractivity contribution in [3.05, 3.63) is 40.2 Å². The highest BCUT2D eigenvalue weighted by Crippen LogP contribution is 2.24. The van der Waals surface area contributed by atoms with Crippen molar-refractivity contribution < 1.29 is 0 Å². The summed E-state index contributed by atoms with van der Waals surface area (Å²) in [5.41, 5.74) is 9.18. The predicted octanol–water partition coefficient (Wildman–Crippen LogP) is 3.82. The van der Waals surface area contributed by atoms with Gasteiger partial charge < -0.3 is 5.73 Å². The molecule has 3 heteroatoms. The van der Waals surface area contributed by atoms with E-state index in [1.807, 2.05) is 0 Å². The number of aromatic nitrogens is 1. The minimum absolute atomic E-state index is 0.578. The van der Waals surface area contributed by atoms with Gasteiger partial charge in [-0.1, -0.05) is 38.1 Å². The van der Waals surface area contributed by atoms with Crippen LogP contribution in [0.3, 0.4) is 0 Å². The van der Waals surface area contributed by atoms with E-state index in [0.717, 1.165) is 25.1 Å². The maximum atomic E-state index is 5.52. The van der Waals surface area contributed by atoms with Gasteiger partial charge in [-0.2, -0.15) is 0 Å². The van der Waals surface area contributed by atoms with Crippen molar-refractivity contribution in [2.24, 2.45) is 5.73 Å². The Labute approximate surface area is 113 Å². The van der Waals surface area contributed by atoms with E-state index < -0.39 is 0 Å². The molecule has 0 unspecified atom stereocenters. The van der Waals surface area contributed by atoms with Gasteiger partial charge in [-0.3, -0.25) is 0 Å². The second-order valence-electron chi connectivity index (χ2n) is 4.80. The Balaban J connectivity index is 2.13. The predicted molar refractivity (Wildman–Crippen MR) is 79.0 cm³/mol. The zero-order valence-electron chi connectivity index (χ0n) is 11.0. The summed E-state index contributed by atoms with van der Waals surface area (Å²) in [6, 6.07) is 8.71. The summed E-state index contributed by atoms with van der Waals surface area (Å²) in [5.74, 6) is 0.578. The fourth-order valence-electron chi connectivity index (χ4n) is 1.85. The molecule has 0 aliphatic heterocycles. The van der Waals surface area contributed by atoms with Crippen molar-refractivity contribution >= 4 is 11.3 Å². The van der Waals surface area contributed by atoms with Crippen molar-refractivity contribution in [1.82, 2.24) is 4.98 Å². The van der Waals surface area contributed by atoms with Crippen LogP contribution in [0.1, 0.15) is 36.8 Å². The lowest BCUT2D eigenvalue weighted by Crippen LogP contribution is -1.99. The van der Waals surface area contributed by atoms with Crippen molar-refractivity contribution in [3.8, 4) is 11.3 Å². The molecule has 0 saturated heterocycles. The van der Waals surface area contributed by atoms with E-state index in [1.165, 1.54) is 16.1 Å². The zero-order valence-corrected chi connectivity index (χ0v) is 11.8. The first-order chi connectivity index (χ1) is 8.70. The number of aryl methyl sites for hydroxylation is 1. The number of nitrogens with two attached hydrogens (primary N) is 1. The molecule has 2 rings (SSSR count). The topological polar surface area (TPSA) is 38.9 Å². The molecule has 2 aromatic rings. The van der Waals surface area contributed by atoms with E-state index in [9.17, 15) is 0 Å². The number of rotatable bonds is 5. The Morgan fingerprint density at radius 2 is 1.94 bits per heavy atom. The van der Waals surface area contributed by atoms with E-state index >= 15 is 0 Å².